The van der Waals surface area contributed by atoms with Gasteiger partial charge in [-0.1, -0.05) is 26.8 Å². The van der Waals surface area contributed by atoms with Crippen molar-refractivity contribution >= 4 is 18.5 Å². The van der Waals surface area contributed by atoms with E-state index < -0.39 is 0 Å². The third-order valence-electron chi connectivity index (χ3n) is 4.51. The van der Waals surface area contributed by atoms with Crippen LogP contribution in [0.15, 0.2) is 23.1 Å². The van der Waals surface area contributed by atoms with Crippen molar-refractivity contribution in [2.45, 2.75) is 44.0 Å². The number of carbonyl (C=O) groups is 1. The highest BCUT2D eigenvalue weighted by Crippen LogP contribution is 2.42. The van der Waals surface area contributed by atoms with Gasteiger partial charge in [0.15, 0.2) is 0 Å². The summed E-state index contributed by atoms with van der Waals surface area (Å²) in [5.41, 5.74) is 2.63. The molecule has 102 valence electrons. The second-order valence-electron chi connectivity index (χ2n) is 6.74. The Morgan fingerprint density at radius 2 is 2.11 bits per heavy atom. The van der Waals surface area contributed by atoms with Gasteiger partial charge in [-0.25, -0.2) is 0 Å². The topological polar surface area (TPSA) is 20.3 Å². The minimum Gasteiger partial charge on any atom is -0.337 e. The van der Waals surface area contributed by atoms with Crippen LogP contribution in [0.2, 0.25) is 0 Å². The number of nitrogens with zero attached hydrogens (tertiary/aromatic N) is 1. The van der Waals surface area contributed by atoms with Crippen LogP contribution in [0.3, 0.4) is 0 Å². The van der Waals surface area contributed by atoms with Gasteiger partial charge in [0.1, 0.15) is 0 Å². The molecular formula is C16H21NOS. The predicted octanol–water partition coefficient (Wildman–Crippen LogP) is 3.25. The molecule has 1 aliphatic carbocycles. The molecule has 1 fully saturated rings. The highest BCUT2D eigenvalue weighted by atomic mass is 32.1. The van der Waals surface area contributed by atoms with Crippen LogP contribution >= 0.6 is 12.6 Å². The molecule has 3 heteroatoms. The lowest BCUT2D eigenvalue weighted by atomic mass is 9.78. The molecule has 2 unspecified atom stereocenters. The molecule has 0 aromatic heterocycles. The number of benzene rings is 1. The Kier molecular flexibility index (Phi) is 2.93. The summed E-state index contributed by atoms with van der Waals surface area (Å²) in [4.78, 5) is 15.5. The molecule has 0 radical (unpaired) electrons. The Morgan fingerprint density at radius 1 is 1.42 bits per heavy atom. The molecule has 2 nitrogen and oxygen atoms in total. The molecule has 3 rings (SSSR count). The fourth-order valence-electron chi connectivity index (χ4n) is 3.21. The van der Waals surface area contributed by atoms with Crippen LogP contribution in [-0.4, -0.2) is 17.4 Å². The van der Waals surface area contributed by atoms with Crippen molar-refractivity contribution < 1.29 is 4.79 Å². The van der Waals surface area contributed by atoms with Crippen LogP contribution in [0.25, 0.3) is 0 Å². The molecule has 1 aromatic carbocycles. The van der Waals surface area contributed by atoms with E-state index in [0.29, 0.717) is 11.8 Å². The summed E-state index contributed by atoms with van der Waals surface area (Å²) in [7, 11) is 0. The van der Waals surface area contributed by atoms with E-state index in [1.54, 1.807) is 0 Å². The van der Waals surface area contributed by atoms with Crippen molar-refractivity contribution in [1.29, 1.82) is 0 Å². The van der Waals surface area contributed by atoms with Crippen molar-refractivity contribution in [2.24, 2.45) is 11.8 Å². The van der Waals surface area contributed by atoms with E-state index in [4.69, 9.17) is 0 Å². The molecule has 2 aliphatic rings. The molecule has 1 aromatic rings. The molecule has 1 saturated carbocycles. The average molecular weight is 275 g/mol. The number of hydrogen-bond acceptors (Lipinski definition) is 2. The van der Waals surface area contributed by atoms with Gasteiger partial charge in [0, 0.05) is 29.3 Å². The summed E-state index contributed by atoms with van der Waals surface area (Å²) in [5.74, 6) is 1.21. The van der Waals surface area contributed by atoms with Crippen LogP contribution in [-0.2, 0) is 16.8 Å². The second kappa shape index (κ2) is 4.27. The van der Waals surface area contributed by atoms with Gasteiger partial charge in [-0.3, -0.25) is 4.79 Å². The predicted molar refractivity (Wildman–Crippen MR) is 79.4 cm³/mol. The molecule has 0 spiro atoms. The number of fused-ring (bicyclic) bond motifs is 1. The van der Waals surface area contributed by atoms with Gasteiger partial charge >= 0.3 is 0 Å². The maximum Gasteiger partial charge on any atom is 0.226 e. The van der Waals surface area contributed by atoms with Gasteiger partial charge < -0.3 is 4.90 Å². The first kappa shape index (κ1) is 13.0. The van der Waals surface area contributed by atoms with Crippen LogP contribution in [0.5, 0.6) is 0 Å². The molecule has 2 atom stereocenters. The maximum atomic E-state index is 12.4. The third-order valence-corrected chi connectivity index (χ3v) is 4.79. The number of rotatable bonds is 1. The van der Waals surface area contributed by atoms with Crippen LogP contribution < -0.4 is 0 Å². The zero-order valence-electron chi connectivity index (χ0n) is 11.8. The summed E-state index contributed by atoms with van der Waals surface area (Å²) in [6.45, 7) is 8.18. The van der Waals surface area contributed by atoms with Gasteiger partial charge in [-0.15, -0.1) is 12.6 Å². The SMILES string of the molecule is CC1CC1C(=O)N1Cc2ccc(S)cc2C(C)(C)C1. The summed E-state index contributed by atoms with van der Waals surface area (Å²) in [6, 6.07) is 6.29. The van der Waals surface area contributed by atoms with E-state index >= 15 is 0 Å². The first-order valence-electron chi connectivity index (χ1n) is 6.99. The zero-order valence-corrected chi connectivity index (χ0v) is 12.7. The number of carbonyl (C=O) groups excluding carboxylic acids is 1. The monoisotopic (exact) mass is 275 g/mol. The van der Waals surface area contributed by atoms with Gasteiger partial charge in [-0.2, -0.15) is 0 Å². The van der Waals surface area contributed by atoms with E-state index in [0.717, 1.165) is 24.4 Å². The fraction of sp³-hybridized carbons (Fsp3) is 0.562. The smallest absolute Gasteiger partial charge is 0.226 e. The number of hydrogen-bond donors (Lipinski definition) is 1. The first-order valence-corrected chi connectivity index (χ1v) is 7.44. The number of thiol groups is 1. The van der Waals surface area contributed by atoms with Crippen molar-refractivity contribution in [3.63, 3.8) is 0 Å². The minimum atomic E-state index is 0.0140. The standard InChI is InChI=1S/C16H21NOS/c1-10-6-13(10)15(18)17-8-11-4-5-12(19)7-14(11)16(2,3)9-17/h4-5,7,10,13,19H,6,8-9H2,1-3H3. The molecular weight excluding hydrogens is 254 g/mol. The van der Waals surface area contributed by atoms with Gasteiger partial charge in [0.2, 0.25) is 5.91 Å². The third kappa shape index (κ3) is 2.29. The van der Waals surface area contributed by atoms with Crippen molar-refractivity contribution in [3.05, 3.63) is 29.3 Å². The first-order chi connectivity index (χ1) is 8.88. The van der Waals surface area contributed by atoms with Crippen molar-refractivity contribution in [1.82, 2.24) is 4.90 Å². The Morgan fingerprint density at radius 3 is 2.74 bits per heavy atom. The summed E-state index contributed by atoms with van der Waals surface area (Å²) >= 11 is 4.43. The van der Waals surface area contributed by atoms with Gasteiger partial charge in [-0.05, 0) is 35.6 Å². The average Bonchev–Trinajstić information content (AvgIpc) is 3.05. The van der Waals surface area contributed by atoms with Crippen LogP contribution in [0.4, 0.5) is 0 Å². The van der Waals surface area contributed by atoms with E-state index in [2.05, 4.69) is 50.4 Å². The lowest BCUT2D eigenvalue weighted by molar-refractivity contribution is -0.134. The van der Waals surface area contributed by atoms with Gasteiger partial charge in [0.05, 0.1) is 0 Å². The Labute approximate surface area is 120 Å². The molecule has 1 amide bonds. The minimum absolute atomic E-state index is 0.0140. The fourth-order valence-corrected chi connectivity index (χ4v) is 3.42. The van der Waals surface area contributed by atoms with Gasteiger partial charge in [0.25, 0.3) is 0 Å². The summed E-state index contributed by atoms with van der Waals surface area (Å²) in [6.07, 6.45) is 1.07. The van der Waals surface area contributed by atoms with E-state index in [9.17, 15) is 4.79 Å². The summed E-state index contributed by atoms with van der Waals surface area (Å²) in [5, 5.41) is 0. The van der Waals surface area contributed by atoms with Crippen LogP contribution in [0.1, 0.15) is 38.3 Å². The van der Waals surface area contributed by atoms with E-state index in [1.165, 1.54) is 11.1 Å². The zero-order chi connectivity index (χ0) is 13.8. The lowest BCUT2D eigenvalue weighted by Gasteiger charge is -2.40. The Balaban J connectivity index is 1.90. The Bertz CT molecular complexity index is 538. The Hall–Kier alpha value is -0.960. The second-order valence-corrected chi connectivity index (χ2v) is 7.26. The lowest BCUT2D eigenvalue weighted by Crippen LogP contribution is -2.45. The van der Waals surface area contributed by atoms with Crippen molar-refractivity contribution in [2.75, 3.05) is 6.54 Å². The molecule has 1 aliphatic heterocycles. The highest BCUT2D eigenvalue weighted by molar-refractivity contribution is 7.80. The molecule has 19 heavy (non-hydrogen) atoms. The van der Waals surface area contributed by atoms with Crippen molar-refractivity contribution in [3.8, 4) is 0 Å². The molecule has 0 bridgehead atoms. The number of amides is 1. The maximum absolute atomic E-state index is 12.4. The molecule has 0 N–H and O–H groups in total. The normalized spacial score (nSPS) is 27.9. The van der Waals surface area contributed by atoms with E-state index in [-0.39, 0.29) is 11.3 Å². The van der Waals surface area contributed by atoms with Crippen LogP contribution in [0, 0.1) is 11.8 Å². The largest absolute Gasteiger partial charge is 0.337 e. The van der Waals surface area contributed by atoms with E-state index in [1.807, 2.05) is 6.07 Å². The quantitative estimate of drug-likeness (QED) is 0.780. The highest BCUT2D eigenvalue weighted by Gasteiger charge is 2.44. The molecule has 1 heterocycles. The molecule has 0 saturated heterocycles. The summed E-state index contributed by atoms with van der Waals surface area (Å²) < 4.78 is 0.